The van der Waals surface area contributed by atoms with Crippen LogP contribution in [0.1, 0.15) is 51.9 Å². The number of likely N-dealkylation sites (tertiary alicyclic amines) is 1. The van der Waals surface area contributed by atoms with Crippen molar-refractivity contribution in [2.24, 2.45) is 5.41 Å². The first-order chi connectivity index (χ1) is 15.5. The number of rotatable bonds is 4. The van der Waals surface area contributed by atoms with Crippen LogP contribution in [0.2, 0.25) is 0 Å². The van der Waals surface area contributed by atoms with Crippen LogP contribution in [-0.4, -0.2) is 43.0 Å². The summed E-state index contributed by atoms with van der Waals surface area (Å²) in [5.41, 5.74) is 5.78. The first kappa shape index (κ1) is 20.7. The fourth-order valence-corrected chi connectivity index (χ4v) is 5.38. The molecule has 6 nitrogen and oxygen atoms in total. The Hall–Kier alpha value is -3.17. The standard InChI is InChI=1S/C26H27N3O3/c1-18-20(4-7-22-23(18)16-32-25(22)31)8-11-28-12-9-26(10-13-28)14-24(30)29(17-26)21-5-2-19(15-27)3-6-21/h2-7H,8-14,16-17H2,1H3. The highest BCUT2D eigenvalue weighted by Crippen LogP contribution is 2.42. The summed E-state index contributed by atoms with van der Waals surface area (Å²) in [5.74, 6) is -0.0224. The molecule has 0 aliphatic carbocycles. The van der Waals surface area contributed by atoms with Gasteiger partial charge in [0.15, 0.2) is 0 Å². The number of amides is 1. The lowest BCUT2D eigenvalue weighted by Crippen LogP contribution is -2.42. The summed E-state index contributed by atoms with van der Waals surface area (Å²) in [5, 5.41) is 9.00. The minimum absolute atomic E-state index is 0.0582. The summed E-state index contributed by atoms with van der Waals surface area (Å²) in [4.78, 5) is 28.9. The van der Waals surface area contributed by atoms with E-state index in [1.165, 1.54) is 11.1 Å². The van der Waals surface area contributed by atoms with Gasteiger partial charge in [-0.2, -0.15) is 5.26 Å². The first-order valence-corrected chi connectivity index (χ1v) is 11.3. The Labute approximate surface area is 188 Å². The van der Waals surface area contributed by atoms with Crippen molar-refractivity contribution in [3.63, 3.8) is 0 Å². The zero-order valence-corrected chi connectivity index (χ0v) is 18.4. The number of nitriles is 1. The third-order valence-electron chi connectivity index (χ3n) is 7.52. The number of nitrogens with zero attached hydrogens (tertiary/aromatic N) is 3. The SMILES string of the molecule is Cc1c(CCN2CCC3(CC2)CC(=O)N(c2ccc(C#N)cc2)C3)ccc2c1COC2=O. The Morgan fingerprint density at radius 2 is 1.84 bits per heavy atom. The summed E-state index contributed by atoms with van der Waals surface area (Å²) in [6.45, 7) is 6.23. The summed E-state index contributed by atoms with van der Waals surface area (Å²) in [6, 6.07) is 13.4. The normalized spacial score (nSPS) is 19.8. The number of hydrogen-bond donors (Lipinski definition) is 0. The second kappa shape index (κ2) is 8.07. The Bertz CT molecular complexity index is 1110. The summed E-state index contributed by atoms with van der Waals surface area (Å²) >= 11 is 0. The van der Waals surface area contributed by atoms with Crippen LogP contribution in [0.15, 0.2) is 36.4 Å². The number of benzene rings is 2. The molecule has 0 radical (unpaired) electrons. The Balaban J connectivity index is 1.18. The van der Waals surface area contributed by atoms with Gasteiger partial charge in [0.1, 0.15) is 6.61 Å². The van der Waals surface area contributed by atoms with Crippen LogP contribution in [-0.2, 0) is 22.6 Å². The fourth-order valence-electron chi connectivity index (χ4n) is 5.38. The molecule has 3 aliphatic heterocycles. The van der Waals surface area contributed by atoms with Gasteiger partial charge in [0.05, 0.1) is 17.2 Å². The van der Waals surface area contributed by atoms with Gasteiger partial charge in [-0.3, -0.25) is 4.79 Å². The number of fused-ring (bicyclic) bond motifs is 1. The molecule has 3 aliphatic rings. The minimum atomic E-state index is -0.211. The van der Waals surface area contributed by atoms with Gasteiger partial charge in [0.25, 0.3) is 0 Å². The molecule has 2 saturated heterocycles. The van der Waals surface area contributed by atoms with E-state index in [0.717, 1.165) is 56.7 Å². The van der Waals surface area contributed by atoms with Gasteiger partial charge in [-0.05, 0) is 86.1 Å². The second-order valence-electron chi connectivity index (χ2n) is 9.36. The zero-order chi connectivity index (χ0) is 22.3. The van der Waals surface area contributed by atoms with Gasteiger partial charge in [0, 0.05) is 30.8 Å². The average molecular weight is 430 g/mol. The topological polar surface area (TPSA) is 73.6 Å². The van der Waals surface area contributed by atoms with Gasteiger partial charge in [-0.25, -0.2) is 4.79 Å². The Morgan fingerprint density at radius 3 is 2.56 bits per heavy atom. The van der Waals surface area contributed by atoms with E-state index < -0.39 is 0 Å². The zero-order valence-electron chi connectivity index (χ0n) is 18.4. The number of cyclic esters (lactones) is 1. The number of ether oxygens (including phenoxy) is 1. The van der Waals surface area contributed by atoms with Crippen molar-refractivity contribution in [1.29, 1.82) is 5.26 Å². The molecule has 0 bridgehead atoms. The minimum Gasteiger partial charge on any atom is -0.457 e. The Kier molecular flexibility index (Phi) is 5.22. The van der Waals surface area contributed by atoms with Crippen LogP contribution in [0.3, 0.4) is 0 Å². The fraction of sp³-hybridized carbons (Fsp3) is 0.423. The van der Waals surface area contributed by atoms with Crippen LogP contribution >= 0.6 is 0 Å². The van der Waals surface area contributed by atoms with E-state index >= 15 is 0 Å². The quantitative estimate of drug-likeness (QED) is 0.695. The van der Waals surface area contributed by atoms with Crippen LogP contribution in [0.5, 0.6) is 0 Å². The van der Waals surface area contributed by atoms with E-state index in [2.05, 4.69) is 24.0 Å². The van der Waals surface area contributed by atoms with E-state index in [-0.39, 0.29) is 17.3 Å². The van der Waals surface area contributed by atoms with Crippen LogP contribution < -0.4 is 4.90 Å². The van der Waals surface area contributed by atoms with Crippen molar-refractivity contribution < 1.29 is 14.3 Å². The maximum atomic E-state index is 12.8. The van der Waals surface area contributed by atoms with Gasteiger partial charge in [-0.1, -0.05) is 6.07 Å². The highest BCUT2D eigenvalue weighted by Gasteiger charge is 2.45. The van der Waals surface area contributed by atoms with Gasteiger partial charge in [-0.15, -0.1) is 0 Å². The summed E-state index contributed by atoms with van der Waals surface area (Å²) in [7, 11) is 0. The number of carbonyl (C=O) groups excluding carboxylic acids is 2. The maximum absolute atomic E-state index is 12.8. The molecule has 164 valence electrons. The largest absolute Gasteiger partial charge is 0.457 e. The van der Waals surface area contributed by atoms with Crippen molar-refractivity contribution in [1.82, 2.24) is 4.90 Å². The van der Waals surface area contributed by atoms with Crippen LogP contribution in [0.4, 0.5) is 5.69 Å². The molecular weight excluding hydrogens is 402 g/mol. The van der Waals surface area contributed by atoms with Gasteiger partial charge in [0.2, 0.25) is 5.91 Å². The molecule has 0 unspecified atom stereocenters. The molecular formula is C26H27N3O3. The maximum Gasteiger partial charge on any atom is 0.338 e. The molecule has 5 rings (SSSR count). The molecule has 1 spiro atoms. The molecule has 6 heteroatoms. The first-order valence-electron chi connectivity index (χ1n) is 11.3. The predicted octanol–water partition coefficient (Wildman–Crippen LogP) is 3.60. The molecule has 32 heavy (non-hydrogen) atoms. The number of anilines is 1. The molecule has 0 saturated carbocycles. The van der Waals surface area contributed by atoms with E-state index in [4.69, 9.17) is 10.00 Å². The smallest absolute Gasteiger partial charge is 0.338 e. The third kappa shape index (κ3) is 3.67. The van der Waals surface area contributed by atoms with Crippen molar-refractivity contribution in [2.75, 3.05) is 31.1 Å². The molecule has 0 aromatic heterocycles. The molecule has 1 amide bonds. The van der Waals surface area contributed by atoms with E-state index in [9.17, 15) is 9.59 Å². The Morgan fingerprint density at radius 1 is 1.09 bits per heavy atom. The third-order valence-corrected chi connectivity index (χ3v) is 7.52. The van der Waals surface area contributed by atoms with Gasteiger partial charge >= 0.3 is 5.97 Å². The monoisotopic (exact) mass is 429 g/mol. The average Bonchev–Trinajstić information content (AvgIpc) is 3.35. The number of piperidine rings is 1. The molecule has 2 aromatic rings. The highest BCUT2D eigenvalue weighted by molar-refractivity contribution is 5.96. The van der Waals surface area contributed by atoms with E-state index in [1.807, 2.05) is 23.1 Å². The van der Waals surface area contributed by atoms with Crippen LogP contribution in [0, 0.1) is 23.7 Å². The van der Waals surface area contributed by atoms with Crippen molar-refractivity contribution in [2.45, 2.75) is 39.2 Å². The van der Waals surface area contributed by atoms with Crippen molar-refractivity contribution in [3.05, 3.63) is 64.2 Å². The van der Waals surface area contributed by atoms with Crippen LogP contribution in [0.25, 0.3) is 0 Å². The lowest BCUT2D eigenvalue weighted by molar-refractivity contribution is -0.118. The lowest BCUT2D eigenvalue weighted by Gasteiger charge is -2.39. The van der Waals surface area contributed by atoms with Crippen molar-refractivity contribution in [3.8, 4) is 6.07 Å². The number of hydrogen-bond acceptors (Lipinski definition) is 5. The number of esters is 1. The van der Waals surface area contributed by atoms with Gasteiger partial charge < -0.3 is 14.5 Å². The molecule has 2 fully saturated rings. The lowest BCUT2D eigenvalue weighted by atomic mass is 9.77. The summed E-state index contributed by atoms with van der Waals surface area (Å²) in [6.07, 6.45) is 3.61. The van der Waals surface area contributed by atoms with E-state index in [1.54, 1.807) is 12.1 Å². The summed E-state index contributed by atoms with van der Waals surface area (Å²) < 4.78 is 5.17. The molecule has 3 heterocycles. The molecule has 0 N–H and O–H groups in total. The van der Waals surface area contributed by atoms with E-state index in [0.29, 0.717) is 24.2 Å². The molecule has 0 atom stereocenters. The molecule has 2 aromatic carbocycles. The highest BCUT2D eigenvalue weighted by atomic mass is 16.5. The predicted molar refractivity (Wildman–Crippen MR) is 120 cm³/mol. The van der Waals surface area contributed by atoms with Crippen molar-refractivity contribution >= 4 is 17.6 Å². The second-order valence-corrected chi connectivity index (χ2v) is 9.36. The number of carbonyl (C=O) groups is 2.